The predicted octanol–water partition coefficient (Wildman–Crippen LogP) is 4.82. The SMILES string of the molecule is COc1cc(/C=N\NC(=O)Cc2nnc(NC(=O)c3ccco3)s2)ccc1OCc1cccc2ccccc12. The lowest BCUT2D eigenvalue weighted by Crippen LogP contribution is -2.19. The van der Waals surface area contributed by atoms with E-state index in [2.05, 4.69) is 44.2 Å². The van der Waals surface area contributed by atoms with Gasteiger partial charge >= 0.3 is 0 Å². The molecule has 3 aromatic carbocycles. The Bertz CT molecular complexity index is 1630. The molecule has 5 aromatic rings. The molecule has 39 heavy (non-hydrogen) atoms. The molecule has 0 spiro atoms. The molecule has 0 saturated heterocycles. The van der Waals surface area contributed by atoms with Crippen molar-refractivity contribution in [2.24, 2.45) is 5.10 Å². The average Bonchev–Trinajstić information content (AvgIpc) is 3.65. The number of anilines is 1. The number of hydrazone groups is 1. The number of hydrogen-bond acceptors (Lipinski definition) is 9. The van der Waals surface area contributed by atoms with Crippen molar-refractivity contribution in [3.05, 3.63) is 101 Å². The molecule has 2 amide bonds. The van der Waals surface area contributed by atoms with Crippen LogP contribution < -0.4 is 20.2 Å². The molecular formula is C28H23N5O5S. The standard InChI is InChI=1S/C28H23N5O5S/c1-36-24-14-18(11-12-22(24)38-17-20-8-4-7-19-6-2-3-9-21(19)20)16-29-31-25(34)15-26-32-33-28(39-26)30-27(35)23-10-5-13-37-23/h2-14,16H,15,17H2,1H3,(H,31,34)(H,30,33,35)/b29-16-. The number of nitrogens with zero attached hydrogens (tertiary/aromatic N) is 3. The highest BCUT2D eigenvalue weighted by atomic mass is 32.1. The molecule has 10 nitrogen and oxygen atoms in total. The summed E-state index contributed by atoms with van der Waals surface area (Å²) in [6, 6.07) is 22.8. The summed E-state index contributed by atoms with van der Waals surface area (Å²) in [5.41, 5.74) is 4.25. The van der Waals surface area contributed by atoms with Gasteiger partial charge in [0, 0.05) is 0 Å². The predicted molar refractivity (Wildman–Crippen MR) is 147 cm³/mol. The van der Waals surface area contributed by atoms with E-state index < -0.39 is 5.91 Å². The van der Waals surface area contributed by atoms with Gasteiger partial charge in [0.05, 0.1) is 26.0 Å². The molecule has 2 heterocycles. The van der Waals surface area contributed by atoms with Gasteiger partial charge in [-0.25, -0.2) is 5.43 Å². The van der Waals surface area contributed by atoms with Crippen molar-refractivity contribution in [2.45, 2.75) is 13.0 Å². The zero-order valence-electron chi connectivity index (χ0n) is 20.8. The number of rotatable bonds is 10. The quantitative estimate of drug-likeness (QED) is 0.192. The van der Waals surface area contributed by atoms with Crippen molar-refractivity contribution in [1.29, 1.82) is 0 Å². The number of ether oxygens (including phenoxy) is 2. The van der Waals surface area contributed by atoms with Crippen molar-refractivity contribution >= 4 is 45.3 Å². The van der Waals surface area contributed by atoms with Crippen LogP contribution in [0.2, 0.25) is 0 Å². The maximum Gasteiger partial charge on any atom is 0.293 e. The monoisotopic (exact) mass is 541 g/mol. The first kappa shape index (κ1) is 25.6. The summed E-state index contributed by atoms with van der Waals surface area (Å²) in [5.74, 6) is 0.465. The van der Waals surface area contributed by atoms with Gasteiger partial charge in [-0.15, -0.1) is 10.2 Å². The number of amides is 2. The van der Waals surface area contributed by atoms with Crippen LogP contribution in [0.15, 0.2) is 88.6 Å². The minimum Gasteiger partial charge on any atom is -0.493 e. The number of methoxy groups -OCH3 is 1. The topological polar surface area (TPSA) is 128 Å². The average molecular weight is 542 g/mol. The maximum atomic E-state index is 12.3. The number of carbonyl (C=O) groups excluding carboxylic acids is 2. The van der Waals surface area contributed by atoms with Crippen molar-refractivity contribution in [3.8, 4) is 11.5 Å². The van der Waals surface area contributed by atoms with Crippen molar-refractivity contribution in [2.75, 3.05) is 12.4 Å². The Balaban J connectivity index is 1.14. The van der Waals surface area contributed by atoms with Gasteiger partial charge in [-0.2, -0.15) is 5.10 Å². The summed E-state index contributed by atoms with van der Waals surface area (Å²) in [6.07, 6.45) is 2.86. The molecule has 196 valence electrons. The first-order valence-electron chi connectivity index (χ1n) is 11.9. The molecule has 0 unspecified atom stereocenters. The van der Waals surface area contributed by atoms with Crippen LogP contribution in [0.25, 0.3) is 10.8 Å². The lowest BCUT2D eigenvalue weighted by molar-refractivity contribution is -0.120. The molecule has 5 rings (SSSR count). The summed E-state index contributed by atoms with van der Waals surface area (Å²) in [7, 11) is 1.57. The van der Waals surface area contributed by atoms with Crippen LogP contribution in [0.3, 0.4) is 0 Å². The van der Waals surface area contributed by atoms with Crippen LogP contribution >= 0.6 is 11.3 Å². The number of benzene rings is 3. The molecule has 0 aliphatic heterocycles. The number of furan rings is 1. The molecule has 0 aliphatic carbocycles. The number of carbonyl (C=O) groups is 2. The Morgan fingerprint density at radius 1 is 1.03 bits per heavy atom. The highest BCUT2D eigenvalue weighted by Crippen LogP contribution is 2.29. The first-order valence-corrected chi connectivity index (χ1v) is 12.7. The minimum atomic E-state index is -0.447. The zero-order valence-corrected chi connectivity index (χ0v) is 21.6. The summed E-state index contributed by atoms with van der Waals surface area (Å²) in [4.78, 5) is 24.3. The van der Waals surface area contributed by atoms with Crippen molar-refractivity contribution in [1.82, 2.24) is 15.6 Å². The van der Waals surface area contributed by atoms with Crippen LogP contribution in [0.5, 0.6) is 11.5 Å². The van der Waals surface area contributed by atoms with E-state index in [0.29, 0.717) is 28.7 Å². The fraction of sp³-hybridized carbons (Fsp3) is 0.107. The Morgan fingerprint density at radius 2 is 1.90 bits per heavy atom. The number of aromatic nitrogens is 2. The summed E-state index contributed by atoms with van der Waals surface area (Å²) < 4.78 is 16.6. The molecule has 0 radical (unpaired) electrons. The normalized spacial score (nSPS) is 11.0. The molecule has 11 heteroatoms. The van der Waals surface area contributed by atoms with Gasteiger partial charge in [-0.05, 0) is 52.2 Å². The van der Waals surface area contributed by atoms with E-state index in [-0.39, 0.29) is 23.2 Å². The summed E-state index contributed by atoms with van der Waals surface area (Å²) in [6.45, 7) is 0.390. The van der Waals surface area contributed by atoms with Gasteiger partial charge in [0.15, 0.2) is 17.3 Å². The van der Waals surface area contributed by atoms with Gasteiger partial charge in [0.2, 0.25) is 11.0 Å². The highest BCUT2D eigenvalue weighted by molar-refractivity contribution is 7.15. The van der Waals surface area contributed by atoms with E-state index in [0.717, 1.165) is 27.7 Å². The van der Waals surface area contributed by atoms with Gasteiger partial charge < -0.3 is 13.9 Å². The molecule has 0 aliphatic rings. The van der Waals surface area contributed by atoms with E-state index in [1.165, 1.54) is 18.5 Å². The largest absolute Gasteiger partial charge is 0.493 e. The highest BCUT2D eigenvalue weighted by Gasteiger charge is 2.14. The van der Waals surface area contributed by atoms with E-state index in [4.69, 9.17) is 13.9 Å². The number of hydrogen-bond donors (Lipinski definition) is 2. The van der Waals surface area contributed by atoms with Crippen LogP contribution in [0.1, 0.15) is 26.7 Å². The molecule has 2 aromatic heterocycles. The van der Waals surface area contributed by atoms with Crippen LogP contribution in [-0.4, -0.2) is 35.3 Å². The first-order chi connectivity index (χ1) is 19.1. The van der Waals surface area contributed by atoms with Gasteiger partial charge in [0.25, 0.3) is 5.91 Å². The summed E-state index contributed by atoms with van der Waals surface area (Å²) in [5, 5.41) is 17.4. The second kappa shape index (κ2) is 12.0. The van der Waals surface area contributed by atoms with E-state index in [1.54, 1.807) is 25.3 Å². The third-order valence-electron chi connectivity index (χ3n) is 5.60. The van der Waals surface area contributed by atoms with Crippen molar-refractivity contribution in [3.63, 3.8) is 0 Å². The zero-order chi connectivity index (χ0) is 27.0. The van der Waals surface area contributed by atoms with Crippen molar-refractivity contribution < 1.29 is 23.5 Å². The maximum absolute atomic E-state index is 12.3. The lowest BCUT2D eigenvalue weighted by Gasteiger charge is -2.12. The lowest BCUT2D eigenvalue weighted by atomic mass is 10.1. The third kappa shape index (κ3) is 6.46. The molecule has 0 saturated carbocycles. The number of fused-ring (bicyclic) bond motifs is 1. The van der Waals surface area contributed by atoms with E-state index >= 15 is 0 Å². The molecule has 0 atom stereocenters. The third-order valence-corrected chi connectivity index (χ3v) is 6.44. The second-order valence-corrected chi connectivity index (χ2v) is 9.30. The smallest absolute Gasteiger partial charge is 0.293 e. The Kier molecular flexibility index (Phi) is 7.89. The van der Waals surface area contributed by atoms with Crippen LogP contribution in [0.4, 0.5) is 5.13 Å². The molecular weight excluding hydrogens is 518 g/mol. The Morgan fingerprint density at radius 3 is 2.74 bits per heavy atom. The Labute approximate surface area is 227 Å². The minimum absolute atomic E-state index is 0.0457. The van der Waals surface area contributed by atoms with E-state index in [9.17, 15) is 9.59 Å². The fourth-order valence-corrected chi connectivity index (χ4v) is 4.49. The number of nitrogens with one attached hydrogen (secondary N) is 2. The van der Waals surface area contributed by atoms with Crippen LogP contribution in [0, 0.1) is 0 Å². The van der Waals surface area contributed by atoms with Gasteiger partial charge in [-0.1, -0.05) is 53.8 Å². The van der Waals surface area contributed by atoms with Gasteiger partial charge in [0.1, 0.15) is 11.6 Å². The Hall–Kier alpha value is -5.03. The fourth-order valence-electron chi connectivity index (χ4n) is 3.76. The second-order valence-electron chi connectivity index (χ2n) is 8.24. The molecule has 0 bridgehead atoms. The molecule has 2 N–H and O–H groups in total. The van der Waals surface area contributed by atoms with Gasteiger partial charge in [-0.3, -0.25) is 14.9 Å². The molecule has 0 fully saturated rings. The summed E-state index contributed by atoms with van der Waals surface area (Å²) >= 11 is 1.09. The van der Waals surface area contributed by atoms with Crippen LogP contribution in [-0.2, 0) is 17.8 Å². The van der Waals surface area contributed by atoms with E-state index in [1.807, 2.05) is 30.3 Å².